The van der Waals surface area contributed by atoms with Crippen molar-refractivity contribution in [2.24, 2.45) is 0 Å². The van der Waals surface area contributed by atoms with Crippen LogP contribution in [0, 0.1) is 5.82 Å². The monoisotopic (exact) mass is 403 g/mol. The number of carbonyl (C=O) groups is 2. The summed E-state index contributed by atoms with van der Waals surface area (Å²) < 4.78 is 20.0. The molecule has 0 bridgehead atoms. The van der Waals surface area contributed by atoms with E-state index in [9.17, 15) is 14.0 Å². The van der Waals surface area contributed by atoms with E-state index in [0.29, 0.717) is 13.1 Å². The van der Waals surface area contributed by atoms with Crippen LogP contribution < -0.4 is 0 Å². The Hall–Kier alpha value is -1.99. The summed E-state index contributed by atoms with van der Waals surface area (Å²) in [5.41, 5.74) is -0.471. The van der Waals surface area contributed by atoms with Gasteiger partial charge < -0.3 is 14.5 Å². The molecule has 1 aromatic carbocycles. The molecular formula is C22H30FN3O3. The van der Waals surface area contributed by atoms with Gasteiger partial charge in [-0.15, -0.1) is 0 Å². The van der Waals surface area contributed by atoms with Crippen LogP contribution in [0.2, 0.25) is 0 Å². The van der Waals surface area contributed by atoms with Gasteiger partial charge in [0.25, 0.3) is 5.91 Å². The summed E-state index contributed by atoms with van der Waals surface area (Å²) in [7, 11) is 0. The van der Waals surface area contributed by atoms with Gasteiger partial charge >= 0.3 is 0 Å². The van der Waals surface area contributed by atoms with Gasteiger partial charge in [0.15, 0.2) is 0 Å². The number of nitrogens with zero attached hydrogens (tertiary/aromatic N) is 3. The molecule has 158 valence electrons. The highest BCUT2D eigenvalue weighted by Gasteiger charge is 2.53. The molecule has 1 spiro atoms. The molecule has 3 fully saturated rings. The first-order valence-electron chi connectivity index (χ1n) is 10.8. The first-order valence-corrected chi connectivity index (χ1v) is 10.8. The summed E-state index contributed by atoms with van der Waals surface area (Å²) >= 11 is 0. The predicted octanol–water partition coefficient (Wildman–Crippen LogP) is 2.49. The van der Waals surface area contributed by atoms with Crippen molar-refractivity contribution < 1.29 is 18.7 Å². The Balaban J connectivity index is 1.60. The zero-order chi connectivity index (χ0) is 20.4. The molecule has 1 aromatic rings. The van der Waals surface area contributed by atoms with Gasteiger partial charge in [0.2, 0.25) is 5.91 Å². The molecular weight excluding hydrogens is 373 g/mol. The van der Waals surface area contributed by atoms with E-state index in [1.807, 2.05) is 4.90 Å². The average Bonchev–Trinajstić information content (AvgIpc) is 3.11. The third kappa shape index (κ3) is 3.90. The zero-order valence-electron chi connectivity index (χ0n) is 17.1. The zero-order valence-corrected chi connectivity index (χ0v) is 17.1. The molecule has 6 nitrogen and oxygen atoms in total. The number of amides is 2. The van der Waals surface area contributed by atoms with Crippen LogP contribution in [-0.4, -0.2) is 77.6 Å². The van der Waals surface area contributed by atoms with Crippen molar-refractivity contribution in [3.63, 3.8) is 0 Å². The maximum Gasteiger partial charge on any atom is 0.256 e. The summed E-state index contributed by atoms with van der Waals surface area (Å²) in [6.45, 7) is 6.33. The maximum absolute atomic E-state index is 13.8. The summed E-state index contributed by atoms with van der Waals surface area (Å²) in [5, 5.41) is 0. The molecule has 1 aliphatic carbocycles. The lowest BCUT2D eigenvalue weighted by Gasteiger charge is -2.43. The molecule has 1 atom stereocenters. The number of hydrogen-bond donors (Lipinski definition) is 0. The van der Waals surface area contributed by atoms with Crippen molar-refractivity contribution in [3.05, 3.63) is 35.6 Å². The number of halogens is 1. The van der Waals surface area contributed by atoms with Crippen molar-refractivity contribution in [1.82, 2.24) is 14.7 Å². The molecule has 29 heavy (non-hydrogen) atoms. The fourth-order valence-corrected chi connectivity index (χ4v) is 4.92. The van der Waals surface area contributed by atoms with E-state index < -0.39 is 17.6 Å². The topological polar surface area (TPSA) is 53.1 Å². The van der Waals surface area contributed by atoms with Gasteiger partial charge in [-0.3, -0.25) is 14.5 Å². The van der Waals surface area contributed by atoms with Crippen molar-refractivity contribution in [2.75, 3.05) is 39.3 Å². The standard InChI is InChI=1S/C22H30FN3O3/c1-2-24-11-13-25(14-12-24)21(28)19-16-29-22(9-4-3-5-10-22)26(19)20(27)17-7-6-8-18(23)15-17/h6-8,15,19H,2-5,9-14,16H2,1H3. The van der Waals surface area contributed by atoms with Gasteiger partial charge in [-0.05, 0) is 50.4 Å². The molecule has 7 heteroatoms. The highest BCUT2D eigenvalue weighted by Crippen LogP contribution is 2.41. The second-order valence-corrected chi connectivity index (χ2v) is 8.28. The molecule has 3 aliphatic rings. The number of piperazine rings is 1. The minimum atomic E-state index is -0.743. The molecule has 1 saturated carbocycles. The summed E-state index contributed by atoms with van der Waals surface area (Å²) in [6, 6.07) is 5.08. The lowest BCUT2D eigenvalue weighted by molar-refractivity contribution is -0.139. The van der Waals surface area contributed by atoms with Crippen LogP contribution in [-0.2, 0) is 9.53 Å². The number of hydrogen-bond acceptors (Lipinski definition) is 4. The van der Waals surface area contributed by atoms with Crippen molar-refractivity contribution in [1.29, 1.82) is 0 Å². The SMILES string of the molecule is CCN1CCN(C(=O)C2COC3(CCCCC3)N2C(=O)c2cccc(F)c2)CC1. The fourth-order valence-electron chi connectivity index (χ4n) is 4.92. The Morgan fingerprint density at radius 1 is 1.14 bits per heavy atom. The molecule has 0 N–H and O–H groups in total. The highest BCUT2D eigenvalue weighted by atomic mass is 19.1. The van der Waals surface area contributed by atoms with E-state index in [1.54, 1.807) is 11.0 Å². The van der Waals surface area contributed by atoms with Gasteiger partial charge in [0, 0.05) is 31.7 Å². The van der Waals surface area contributed by atoms with Gasteiger partial charge in [0.05, 0.1) is 6.61 Å². The molecule has 2 aliphatic heterocycles. The lowest BCUT2D eigenvalue weighted by Crippen LogP contribution is -2.59. The fraction of sp³-hybridized carbons (Fsp3) is 0.636. The van der Waals surface area contributed by atoms with Crippen molar-refractivity contribution >= 4 is 11.8 Å². The van der Waals surface area contributed by atoms with Crippen LogP contribution in [0.4, 0.5) is 4.39 Å². The second kappa shape index (κ2) is 8.40. The van der Waals surface area contributed by atoms with E-state index in [1.165, 1.54) is 18.2 Å². The maximum atomic E-state index is 13.8. The van der Waals surface area contributed by atoms with Crippen molar-refractivity contribution in [3.8, 4) is 0 Å². The third-order valence-electron chi connectivity index (χ3n) is 6.60. The van der Waals surface area contributed by atoms with E-state index in [-0.39, 0.29) is 24.0 Å². The molecule has 1 unspecified atom stereocenters. The van der Waals surface area contributed by atoms with Gasteiger partial charge in [0.1, 0.15) is 17.6 Å². The third-order valence-corrected chi connectivity index (χ3v) is 6.60. The van der Waals surface area contributed by atoms with Gasteiger partial charge in [-0.1, -0.05) is 19.4 Å². The number of benzene rings is 1. The van der Waals surface area contributed by atoms with Crippen LogP contribution in [0.15, 0.2) is 24.3 Å². The summed E-state index contributed by atoms with van der Waals surface area (Å²) in [4.78, 5) is 32.7. The van der Waals surface area contributed by atoms with Crippen LogP contribution in [0.25, 0.3) is 0 Å². The normalized spacial score (nSPS) is 24.8. The first kappa shape index (κ1) is 20.3. The number of likely N-dealkylation sites (N-methyl/N-ethyl adjacent to an activating group) is 1. The van der Waals surface area contributed by atoms with E-state index >= 15 is 0 Å². The van der Waals surface area contributed by atoms with E-state index in [0.717, 1.165) is 51.7 Å². The Morgan fingerprint density at radius 3 is 2.52 bits per heavy atom. The Kier molecular flexibility index (Phi) is 5.88. The predicted molar refractivity (Wildman–Crippen MR) is 107 cm³/mol. The second-order valence-electron chi connectivity index (χ2n) is 8.28. The van der Waals surface area contributed by atoms with Crippen LogP contribution in [0.5, 0.6) is 0 Å². The van der Waals surface area contributed by atoms with Crippen LogP contribution in [0.3, 0.4) is 0 Å². The first-order chi connectivity index (χ1) is 14.0. The Morgan fingerprint density at radius 2 is 1.86 bits per heavy atom. The summed E-state index contributed by atoms with van der Waals surface area (Å²) in [5.74, 6) is -0.811. The smallest absolute Gasteiger partial charge is 0.256 e. The molecule has 0 radical (unpaired) electrons. The molecule has 2 saturated heterocycles. The van der Waals surface area contributed by atoms with Crippen molar-refractivity contribution in [2.45, 2.75) is 50.8 Å². The molecule has 4 rings (SSSR count). The van der Waals surface area contributed by atoms with Crippen LogP contribution >= 0.6 is 0 Å². The molecule has 0 aromatic heterocycles. The van der Waals surface area contributed by atoms with E-state index in [2.05, 4.69) is 11.8 Å². The largest absolute Gasteiger partial charge is 0.353 e. The minimum absolute atomic E-state index is 0.0482. The number of carbonyl (C=O) groups excluding carboxylic acids is 2. The van der Waals surface area contributed by atoms with E-state index in [4.69, 9.17) is 4.74 Å². The highest BCUT2D eigenvalue weighted by molar-refractivity contribution is 5.98. The average molecular weight is 403 g/mol. The molecule has 2 amide bonds. The van der Waals surface area contributed by atoms with Crippen LogP contribution in [0.1, 0.15) is 49.4 Å². The van der Waals surface area contributed by atoms with Gasteiger partial charge in [-0.2, -0.15) is 0 Å². The number of rotatable bonds is 3. The quantitative estimate of drug-likeness (QED) is 0.778. The molecule has 2 heterocycles. The summed E-state index contributed by atoms with van der Waals surface area (Å²) in [6.07, 6.45) is 4.47. The Labute approximate surface area is 171 Å². The van der Waals surface area contributed by atoms with Gasteiger partial charge in [-0.25, -0.2) is 4.39 Å². The minimum Gasteiger partial charge on any atom is -0.353 e. The number of ether oxygens (including phenoxy) is 1. The lowest BCUT2D eigenvalue weighted by atomic mass is 9.89. The Bertz CT molecular complexity index is 757.